The molecule has 0 spiro atoms. The molecule has 0 atom stereocenters. The smallest absolute Gasteiger partial charge is 0.224 e. The van der Waals surface area contributed by atoms with Gasteiger partial charge in [0.25, 0.3) is 0 Å². The maximum Gasteiger partial charge on any atom is 0.224 e. The van der Waals surface area contributed by atoms with Gasteiger partial charge in [-0.15, -0.1) is 0 Å². The van der Waals surface area contributed by atoms with Gasteiger partial charge in [0, 0.05) is 44.0 Å². The van der Waals surface area contributed by atoms with Crippen molar-refractivity contribution >= 4 is 5.91 Å². The first kappa shape index (κ1) is 13.1. The van der Waals surface area contributed by atoms with Gasteiger partial charge in [-0.1, -0.05) is 0 Å². The van der Waals surface area contributed by atoms with Crippen LogP contribution in [-0.4, -0.2) is 39.0 Å². The van der Waals surface area contributed by atoms with E-state index in [1.54, 1.807) is 6.20 Å². The standard InChI is InChI=1S/C13H22N4O/c1-13(2,3)15-5-4-12(18)17-9-8-16-7-6-14-11(16)10-17/h6-7,15H,4-5,8-10H2,1-3H3. The highest BCUT2D eigenvalue weighted by atomic mass is 16.2. The first-order valence-electron chi connectivity index (χ1n) is 6.48. The molecule has 1 aromatic heterocycles. The van der Waals surface area contributed by atoms with Crippen LogP contribution in [0.4, 0.5) is 0 Å². The number of carbonyl (C=O) groups is 1. The average molecular weight is 250 g/mol. The molecule has 18 heavy (non-hydrogen) atoms. The molecule has 100 valence electrons. The third-order valence-corrected chi connectivity index (χ3v) is 3.09. The zero-order chi connectivity index (χ0) is 13.2. The predicted molar refractivity (Wildman–Crippen MR) is 70.0 cm³/mol. The number of nitrogens with zero attached hydrogens (tertiary/aromatic N) is 3. The Labute approximate surface area is 108 Å². The fourth-order valence-corrected chi connectivity index (χ4v) is 2.09. The summed E-state index contributed by atoms with van der Waals surface area (Å²) in [7, 11) is 0. The van der Waals surface area contributed by atoms with E-state index in [1.807, 2.05) is 11.1 Å². The molecule has 1 N–H and O–H groups in total. The summed E-state index contributed by atoms with van der Waals surface area (Å²) in [5, 5.41) is 3.34. The Morgan fingerprint density at radius 3 is 2.94 bits per heavy atom. The summed E-state index contributed by atoms with van der Waals surface area (Å²) in [4.78, 5) is 18.2. The van der Waals surface area contributed by atoms with Gasteiger partial charge in [0.15, 0.2) is 0 Å². The van der Waals surface area contributed by atoms with E-state index in [1.165, 1.54) is 0 Å². The summed E-state index contributed by atoms with van der Waals surface area (Å²) >= 11 is 0. The van der Waals surface area contributed by atoms with E-state index in [2.05, 4.69) is 35.6 Å². The number of hydrogen-bond donors (Lipinski definition) is 1. The van der Waals surface area contributed by atoms with Gasteiger partial charge in [-0.2, -0.15) is 0 Å². The van der Waals surface area contributed by atoms with Crippen molar-refractivity contribution in [2.75, 3.05) is 13.1 Å². The summed E-state index contributed by atoms with van der Waals surface area (Å²) < 4.78 is 2.11. The summed E-state index contributed by atoms with van der Waals surface area (Å²) in [5.74, 6) is 1.19. The lowest BCUT2D eigenvalue weighted by atomic mass is 10.1. The summed E-state index contributed by atoms with van der Waals surface area (Å²) in [6.45, 7) is 9.33. The van der Waals surface area contributed by atoms with E-state index in [-0.39, 0.29) is 11.4 Å². The summed E-state index contributed by atoms with van der Waals surface area (Å²) in [6, 6.07) is 0. The van der Waals surface area contributed by atoms with Crippen molar-refractivity contribution in [1.29, 1.82) is 0 Å². The van der Waals surface area contributed by atoms with Crippen molar-refractivity contribution in [1.82, 2.24) is 19.8 Å². The highest BCUT2D eigenvalue weighted by Crippen LogP contribution is 2.11. The Hall–Kier alpha value is -1.36. The van der Waals surface area contributed by atoms with Gasteiger partial charge < -0.3 is 14.8 Å². The highest BCUT2D eigenvalue weighted by Gasteiger charge is 2.21. The second-order valence-electron chi connectivity index (χ2n) is 5.78. The van der Waals surface area contributed by atoms with Crippen LogP contribution in [0, 0.1) is 0 Å². The Bertz CT molecular complexity index is 419. The zero-order valence-corrected chi connectivity index (χ0v) is 11.4. The van der Waals surface area contributed by atoms with Crippen molar-refractivity contribution in [2.45, 2.75) is 45.8 Å². The molecule has 0 aromatic carbocycles. The van der Waals surface area contributed by atoms with Crippen molar-refractivity contribution in [2.24, 2.45) is 0 Å². The lowest BCUT2D eigenvalue weighted by Gasteiger charge is -2.28. The maximum absolute atomic E-state index is 12.1. The minimum absolute atomic E-state index is 0.0679. The Balaban J connectivity index is 1.81. The largest absolute Gasteiger partial charge is 0.333 e. The van der Waals surface area contributed by atoms with Crippen LogP contribution in [-0.2, 0) is 17.9 Å². The quantitative estimate of drug-likeness (QED) is 0.871. The molecular formula is C13H22N4O. The van der Waals surface area contributed by atoms with Crippen LogP contribution in [0.3, 0.4) is 0 Å². The van der Waals surface area contributed by atoms with Crippen molar-refractivity contribution < 1.29 is 4.79 Å². The van der Waals surface area contributed by atoms with Gasteiger partial charge in [0.1, 0.15) is 5.82 Å². The topological polar surface area (TPSA) is 50.2 Å². The van der Waals surface area contributed by atoms with Crippen LogP contribution in [0.5, 0.6) is 0 Å². The Kier molecular flexibility index (Phi) is 3.71. The zero-order valence-electron chi connectivity index (χ0n) is 11.4. The molecule has 5 nitrogen and oxygen atoms in total. The number of aromatic nitrogens is 2. The summed E-state index contributed by atoms with van der Waals surface area (Å²) in [6.07, 6.45) is 4.32. The van der Waals surface area contributed by atoms with Crippen LogP contribution < -0.4 is 5.32 Å². The molecular weight excluding hydrogens is 228 g/mol. The number of imidazole rings is 1. The molecule has 5 heteroatoms. The fourth-order valence-electron chi connectivity index (χ4n) is 2.09. The van der Waals surface area contributed by atoms with Crippen LogP contribution >= 0.6 is 0 Å². The van der Waals surface area contributed by atoms with Crippen molar-refractivity contribution in [3.05, 3.63) is 18.2 Å². The molecule has 2 rings (SSSR count). The highest BCUT2D eigenvalue weighted by molar-refractivity contribution is 5.76. The maximum atomic E-state index is 12.1. The van der Waals surface area contributed by atoms with Crippen molar-refractivity contribution in [3.63, 3.8) is 0 Å². The van der Waals surface area contributed by atoms with Gasteiger partial charge >= 0.3 is 0 Å². The Morgan fingerprint density at radius 1 is 1.44 bits per heavy atom. The average Bonchev–Trinajstić information content (AvgIpc) is 2.73. The predicted octanol–water partition coefficient (Wildman–Crippen LogP) is 1.00. The second kappa shape index (κ2) is 5.10. The normalized spacial score (nSPS) is 15.6. The Morgan fingerprint density at radius 2 is 2.22 bits per heavy atom. The van der Waals surface area contributed by atoms with E-state index < -0.39 is 0 Å². The first-order chi connectivity index (χ1) is 8.46. The van der Waals surface area contributed by atoms with E-state index in [0.29, 0.717) is 13.0 Å². The third kappa shape index (κ3) is 3.32. The molecule has 0 saturated heterocycles. The van der Waals surface area contributed by atoms with Gasteiger partial charge in [-0.25, -0.2) is 4.98 Å². The molecule has 1 aromatic rings. The molecule has 0 fully saturated rings. The van der Waals surface area contributed by atoms with Crippen molar-refractivity contribution in [3.8, 4) is 0 Å². The fraction of sp³-hybridized carbons (Fsp3) is 0.692. The van der Waals surface area contributed by atoms with Gasteiger partial charge in [-0.3, -0.25) is 4.79 Å². The monoisotopic (exact) mass is 250 g/mol. The number of fused-ring (bicyclic) bond motifs is 1. The molecule has 1 aliphatic heterocycles. The molecule has 1 amide bonds. The third-order valence-electron chi connectivity index (χ3n) is 3.09. The van der Waals surface area contributed by atoms with E-state index in [0.717, 1.165) is 25.5 Å². The molecule has 0 aliphatic carbocycles. The first-order valence-corrected chi connectivity index (χ1v) is 6.48. The van der Waals surface area contributed by atoms with Crippen LogP contribution in [0.2, 0.25) is 0 Å². The molecule has 0 radical (unpaired) electrons. The van der Waals surface area contributed by atoms with Gasteiger partial charge in [0.05, 0.1) is 6.54 Å². The molecule has 0 bridgehead atoms. The van der Waals surface area contributed by atoms with Gasteiger partial charge in [0.2, 0.25) is 5.91 Å². The van der Waals surface area contributed by atoms with E-state index >= 15 is 0 Å². The lowest BCUT2D eigenvalue weighted by molar-refractivity contribution is -0.132. The number of hydrogen-bond acceptors (Lipinski definition) is 3. The second-order valence-corrected chi connectivity index (χ2v) is 5.78. The van der Waals surface area contributed by atoms with E-state index in [4.69, 9.17) is 0 Å². The summed E-state index contributed by atoms with van der Waals surface area (Å²) in [5.41, 5.74) is 0.0679. The van der Waals surface area contributed by atoms with Crippen LogP contribution in [0.25, 0.3) is 0 Å². The van der Waals surface area contributed by atoms with Crippen LogP contribution in [0.1, 0.15) is 33.0 Å². The lowest BCUT2D eigenvalue weighted by Crippen LogP contribution is -2.42. The van der Waals surface area contributed by atoms with E-state index in [9.17, 15) is 4.79 Å². The minimum Gasteiger partial charge on any atom is -0.333 e. The number of carbonyl (C=O) groups excluding carboxylic acids is 1. The van der Waals surface area contributed by atoms with Crippen LogP contribution in [0.15, 0.2) is 12.4 Å². The molecule has 0 unspecified atom stereocenters. The SMILES string of the molecule is CC(C)(C)NCCC(=O)N1CCn2ccnc2C1. The molecule has 0 saturated carbocycles. The molecule has 2 heterocycles. The minimum atomic E-state index is 0.0679. The number of nitrogens with one attached hydrogen (secondary N) is 1. The molecule has 1 aliphatic rings. The van der Waals surface area contributed by atoms with Gasteiger partial charge in [-0.05, 0) is 20.8 Å². The number of rotatable bonds is 3. The number of amides is 1.